The third kappa shape index (κ3) is 4.56. The summed E-state index contributed by atoms with van der Waals surface area (Å²) < 4.78 is 6.31. The maximum Gasteiger partial charge on any atom is 0.0938 e. The summed E-state index contributed by atoms with van der Waals surface area (Å²) in [5.41, 5.74) is 1.13. The van der Waals surface area contributed by atoms with Crippen LogP contribution >= 0.6 is 11.3 Å². The predicted octanol–water partition coefficient (Wildman–Crippen LogP) is 3.10. The van der Waals surface area contributed by atoms with E-state index in [1.807, 2.05) is 17.4 Å². The molecule has 3 nitrogen and oxygen atoms in total. The lowest BCUT2D eigenvalue weighted by Gasteiger charge is -2.11. The molecule has 1 atom stereocenters. The maximum atomic E-state index is 5.02. The summed E-state index contributed by atoms with van der Waals surface area (Å²) in [5, 5.41) is 4.66. The molecule has 1 unspecified atom stereocenters. The Morgan fingerprint density at radius 3 is 3.00 bits per heavy atom. The molecule has 0 bridgehead atoms. The zero-order valence-electron chi connectivity index (χ0n) is 11.7. The zero-order valence-corrected chi connectivity index (χ0v) is 12.5. The van der Waals surface area contributed by atoms with Crippen LogP contribution in [0.3, 0.4) is 0 Å². The topological polar surface area (TPSA) is 34.1 Å². The number of hydrogen-bond acceptors (Lipinski definition) is 4. The Balaban J connectivity index is 1.75. The molecule has 2 rings (SSSR count). The number of ether oxygens (including phenoxy) is 1. The average molecular weight is 278 g/mol. The number of fused-ring (bicyclic) bond motifs is 1. The van der Waals surface area contributed by atoms with Crippen LogP contribution in [0.25, 0.3) is 10.2 Å². The number of methoxy groups -OCH3 is 1. The third-order valence-corrected chi connectivity index (χ3v) is 4.26. The number of nitrogens with zero attached hydrogens (tertiary/aromatic N) is 1. The van der Waals surface area contributed by atoms with Crippen molar-refractivity contribution < 1.29 is 4.74 Å². The second-order valence-electron chi connectivity index (χ2n) is 4.92. The van der Waals surface area contributed by atoms with Gasteiger partial charge in [0, 0.05) is 13.7 Å². The van der Waals surface area contributed by atoms with Crippen molar-refractivity contribution in [3.63, 3.8) is 0 Å². The van der Waals surface area contributed by atoms with Gasteiger partial charge in [-0.2, -0.15) is 0 Å². The molecule has 4 heteroatoms. The summed E-state index contributed by atoms with van der Waals surface area (Å²) >= 11 is 1.82. The highest BCUT2D eigenvalue weighted by molar-refractivity contribution is 7.18. The van der Waals surface area contributed by atoms with Gasteiger partial charge in [-0.15, -0.1) is 11.3 Å². The van der Waals surface area contributed by atoms with E-state index < -0.39 is 0 Å². The predicted molar refractivity (Wildman–Crippen MR) is 81.9 cm³/mol. The molecule has 0 radical (unpaired) electrons. The first-order valence-corrected chi connectivity index (χ1v) is 7.65. The number of rotatable bonds is 8. The molecule has 0 spiro atoms. The number of aryl methyl sites for hydroxylation is 1. The van der Waals surface area contributed by atoms with Crippen molar-refractivity contribution in [1.29, 1.82) is 0 Å². The molecule has 0 aliphatic heterocycles. The van der Waals surface area contributed by atoms with E-state index in [2.05, 4.69) is 35.4 Å². The monoisotopic (exact) mass is 278 g/mol. The van der Waals surface area contributed by atoms with Crippen LogP contribution in [0.4, 0.5) is 0 Å². The number of benzene rings is 1. The Labute approximate surface area is 119 Å². The van der Waals surface area contributed by atoms with E-state index in [0.29, 0.717) is 5.92 Å². The molecule has 0 aliphatic carbocycles. The molecule has 0 fully saturated rings. The van der Waals surface area contributed by atoms with Gasteiger partial charge in [-0.1, -0.05) is 19.1 Å². The van der Waals surface area contributed by atoms with Gasteiger partial charge in [0.2, 0.25) is 0 Å². The lowest BCUT2D eigenvalue weighted by atomic mass is 10.1. The molecule has 1 heterocycles. The van der Waals surface area contributed by atoms with Gasteiger partial charge in [0.1, 0.15) is 0 Å². The first-order valence-electron chi connectivity index (χ1n) is 6.83. The summed E-state index contributed by atoms with van der Waals surface area (Å²) in [5.74, 6) is 0.670. The Bertz CT molecular complexity index is 465. The van der Waals surface area contributed by atoms with Gasteiger partial charge in [0.15, 0.2) is 0 Å². The van der Waals surface area contributed by atoms with Crippen molar-refractivity contribution in [2.24, 2.45) is 5.92 Å². The molecule has 0 saturated carbocycles. The minimum atomic E-state index is 0.670. The van der Waals surface area contributed by atoms with Crippen LogP contribution in [0, 0.1) is 5.92 Å². The Hall–Kier alpha value is -0.970. The number of aromatic nitrogens is 1. The lowest BCUT2D eigenvalue weighted by Crippen LogP contribution is -2.25. The zero-order chi connectivity index (χ0) is 13.5. The van der Waals surface area contributed by atoms with Crippen LogP contribution in [-0.2, 0) is 11.2 Å². The van der Waals surface area contributed by atoms with Crippen LogP contribution in [0.2, 0.25) is 0 Å². The maximum absolute atomic E-state index is 5.02. The highest BCUT2D eigenvalue weighted by atomic mass is 32.1. The van der Waals surface area contributed by atoms with Gasteiger partial charge in [-0.25, -0.2) is 4.98 Å². The van der Waals surface area contributed by atoms with E-state index in [1.54, 1.807) is 7.11 Å². The highest BCUT2D eigenvalue weighted by Gasteiger charge is 2.06. The fourth-order valence-corrected chi connectivity index (χ4v) is 3.00. The average Bonchev–Trinajstić information content (AvgIpc) is 2.84. The number of para-hydroxylation sites is 1. The third-order valence-electron chi connectivity index (χ3n) is 3.16. The van der Waals surface area contributed by atoms with Gasteiger partial charge in [0.25, 0.3) is 0 Å². The van der Waals surface area contributed by atoms with Crippen molar-refractivity contribution in [1.82, 2.24) is 10.3 Å². The summed E-state index contributed by atoms with van der Waals surface area (Å²) in [6, 6.07) is 8.36. The second kappa shape index (κ2) is 7.58. The van der Waals surface area contributed by atoms with Gasteiger partial charge < -0.3 is 10.1 Å². The first-order chi connectivity index (χ1) is 9.29. The first kappa shape index (κ1) is 14.4. The number of thiazole rings is 1. The SMILES string of the molecule is COCCNCC(C)CCc1nc2ccccc2s1. The van der Waals surface area contributed by atoms with Crippen LogP contribution in [0.5, 0.6) is 0 Å². The fourth-order valence-electron chi connectivity index (χ4n) is 2.02. The molecule has 0 aliphatic rings. The standard InChI is InChI=1S/C15H22N2OS/c1-12(11-16-9-10-18-2)7-8-15-17-13-5-3-4-6-14(13)19-15/h3-6,12,16H,7-11H2,1-2H3. The van der Waals surface area contributed by atoms with Gasteiger partial charge >= 0.3 is 0 Å². The van der Waals surface area contributed by atoms with Gasteiger partial charge in [-0.05, 0) is 37.4 Å². The highest BCUT2D eigenvalue weighted by Crippen LogP contribution is 2.23. The van der Waals surface area contributed by atoms with Crippen molar-refractivity contribution in [3.05, 3.63) is 29.3 Å². The van der Waals surface area contributed by atoms with Gasteiger partial charge in [0.05, 0.1) is 21.8 Å². The quantitative estimate of drug-likeness (QED) is 0.753. The van der Waals surface area contributed by atoms with E-state index >= 15 is 0 Å². The summed E-state index contributed by atoms with van der Waals surface area (Å²) in [7, 11) is 1.73. The Morgan fingerprint density at radius 2 is 2.21 bits per heavy atom. The van der Waals surface area contributed by atoms with E-state index in [-0.39, 0.29) is 0 Å². The number of nitrogens with one attached hydrogen (secondary N) is 1. The molecular weight excluding hydrogens is 256 g/mol. The van der Waals surface area contributed by atoms with Crippen molar-refractivity contribution in [2.45, 2.75) is 19.8 Å². The van der Waals surface area contributed by atoms with Crippen LogP contribution < -0.4 is 5.32 Å². The molecule has 19 heavy (non-hydrogen) atoms. The van der Waals surface area contributed by atoms with Crippen molar-refractivity contribution >= 4 is 21.6 Å². The van der Waals surface area contributed by atoms with Crippen LogP contribution in [0.1, 0.15) is 18.4 Å². The van der Waals surface area contributed by atoms with E-state index in [1.165, 1.54) is 16.1 Å². The second-order valence-corrected chi connectivity index (χ2v) is 6.03. The smallest absolute Gasteiger partial charge is 0.0938 e. The van der Waals surface area contributed by atoms with Crippen LogP contribution in [-0.4, -0.2) is 31.8 Å². The molecule has 104 valence electrons. The minimum absolute atomic E-state index is 0.670. The summed E-state index contributed by atoms with van der Waals surface area (Å²) in [4.78, 5) is 4.67. The largest absolute Gasteiger partial charge is 0.383 e. The lowest BCUT2D eigenvalue weighted by molar-refractivity contribution is 0.198. The normalized spacial score (nSPS) is 12.9. The molecule has 1 N–H and O–H groups in total. The molecular formula is C15H22N2OS. The summed E-state index contributed by atoms with van der Waals surface area (Å²) in [6.45, 7) is 5.05. The molecule has 2 aromatic rings. The van der Waals surface area contributed by atoms with Crippen molar-refractivity contribution in [3.8, 4) is 0 Å². The summed E-state index contributed by atoms with van der Waals surface area (Å²) in [6.07, 6.45) is 2.26. The Morgan fingerprint density at radius 1 is 1.37 bits per heavy atom. The minimum Gasteiger partial charge on any atom is -0.383 e. The molecule has 0 saturated heterocycles. The van der Waals surface area contributed by atoms with Crippen molar-refractivity contribution in [2.75, 3.05) is 26.8 Å². The Kier molecular flexibility index (Phi) is 5.76. The molecule has 1 aromatic carbocycles. The fraction of sp³-hybridized carbons (Fsp3) is 0.533. The number of hydrogen-bond donors (Lipinski definition) is 1. The molecule has 1 aromatic heterocycles. The van der Waals surface area contributed by atoms with Gasteiger partial charge in [-0.3, -0.25) is 0 Å². The van der Waals surface area contributed by atoms with E-state index in [9.17, 15) is 0 Å². The van der Waals surface area contributed by atoms with E-state index in [4.69, 9.17) is 4.74 Å². The van der Waals surface area contributed by atoms with E-state index in [0.717, 1.165) is 31.6 Å². The molecule has 0 amide bonds. The van der Waals surface area contributed by atoms with Crippen LogP contribution in [0.15, 0.2) is 24.3 Å².